The summed E-state index contributed by atoms with van der Waals surface area (Å²) < 4.78 is 12.6. The Hall–Kier alpha value is -1.29. The van der Waals surface area contributed by atoms with Gasteiger partial charge in [-0.2, -0.15) is 4.39 Å². The summed E-state index contributed by atoms with van der Waals surface area (Å²) in [5, 5.41) is 0.166. The third kappa shape index (κ3) is 1.10. The van der Waals surface area contributed by atoms with Crippen LogP contribution in [0.1, 0.15) is 0 Å². The lowest BCUT2D eigenvalue weighted by molar-refractivity contribution is 0.588. The van der Waals surface area contributed by atoms with E-state index in [-0.39, 0.29) is 5.15 Å². The Balaban J connectivity index is 2.88. The van der Waals surface area contributed by atoms with E-state index in [0.717, 1.165) is 0 Å². The van der Waals surface area contributed by atoms with Gasteiger partial charge in [-0.1, -0.05) is 11.6 Å². The van der Waals surface area contributed by atoms with Crippen LogP contribution in [-0.2, 0) is 0 Å². The van der Waals surface area contributed by atoms with Crippen LogP contribution in [0.5, 0.6) is 0 Å². The first-order valence-electron chi connectivity index (χ1n) is 3.20. The van der Waals surface area contributed by atoms with Crippen LogP contribution >= 0.6 is 11.6 Å². The zero-order valence-corrected chi connectivity index (χ0v) is 6.59. The fourth-order valence-corrected chi connectivity index (χ4v) is 1.07. The van der Waals surface area contributed by atoms with Crippen LogP contribution in [0.2, 0.25) is 5.15 Å². The fraction of sp³-hybridized carbons (Fsp3) is 0. The average molecular weight is 184 g/mol. The van der Waals surface area contributed by atoms with Gasteiger partial charge in [-0.25, -0.2) is 15.0 Å². The Bertz CT molecular complexity index is 432. The van der Waals surface area contributed by atoms with E-state index in [1.807, 2.05) is 0 Å². The Morgan fingerprint density at radius 1 is 1.25 bits per heavy atom. The van der Waals surface area contributed by atoms with Gasteiger partial charge in [-0.15, -0.1) is 0 Å². The lowest BCUT2D eigenvalue weighted by atomic mass is 10.4. The molecule has 0 unspecified atom stereocenters. The predicted octanol–water partition coefficient (Wildman–Crippen LogP) is 1.82. The van der Waals surface area contributed by atoms with Gasteiger partial charge in [0.05, 0.1) is 5.52 Å². The topological polar surface area (TPSA) is 38.7 Å². The molecule has 0 aliphatic carbocycles. The molecule has 0 aromatic carbocycles. The Labute approximate surface area is 72.2 Å². The monoisotopic (exact) mass is 183 g/mol. The minimum absolute atomic E-state index is 0.166. The van der Waals surface area contributed by atoms with Crippen molar-refractivity contribution in [2.75, 3.05) is 0 Å². The second-order valence-electron chi connectivity index (χ2n) is 2.17. The van der Waals surface area contributed by atoms with Gasteiger partial charge in [0.15, 0.2) is 5.15 Å². The maximum absolute atomic E-state index is 12.6. The highest BCUT2D eigenvalue weighted by molar-refractivity contribution is 6.33. The van der Waals surface area contributed by atoms with Crippen LogP contribution in [0.4, 0.5) is 4.39 Å². The van der Waals surface area contributed by atoms with E-state index in [1.54, 1.807) is 0 Å². The first-order valence-corrected chi connectivity index (χ1v) is 3.58. The molecule has 0 atom stereocenters. The Morgan fingerprint density at radius 3 is 2.92 bits per heavy atom. The third-order valence-corrected chi connectivity index (χ3v) is 1.68. The van der Waals surface area contributed by atoms with Crippen molar-refractivity contribution in [2.45, 2.75) is 0 Å². The van der Waals surface area contributed by atoms with Gasteiger partial charge in [-0.3, -0.25) is 0 Å². The van der Waals surface area contributed by atoms with Crippen LogP contribution < -0.4 is 0 Å². The van der Waals surface area contributed by atoms with Crippen molar-refractivity contribution in [1.29, 1.82) is 0 Å². The smallest absolute Gasteiger partial charge is 0.213 e. The van der Waals surface area contributed by atoms with Crippen molar-refractivity contribution in [1.82, 2.24) is 15.0 Å². The molecular weight excluding hydrogens is 181 g/mol. The summed E-state index contributed by atoms with van der Waals surface area (Å²) in [5.41, 5.74) is 0.829. The van der Waals surface area contributed by atoms with Crippen LogP contribution in [0, 0.1) is 5.95 Å². The van der Waals surface area contributed by atoms with Crippen molar-refractivity contribution < 1.29 is 4.39 Å². The molecule has 2 heterocycles. The zero-order valence-electron chi connectivity index (χ0n) is 5.83. The molecule has 2 aromatic heterocycles. The summed E-state index contributed by atoms with van der Waals surface area (Å²) in [5.74, 6) is -0.584. The molecule has 0 fully saturated rings. The van der Waals surface area contributed by atoms with Gasteiger partial charge >= 0.3 is 0 Å². The number of aromatic nitrogens is 3. The maximum atomic E-state index is 12.6. The van der Waals surface area contributed by atoms with E-state index in [9.17, 15) is 4.39 Å². The minimum Gasteiger partial charge on any atom is -0.235 e. The number of pyridine rings is 1. The molecule has 0 spiro atoms. The highest BCUT2D eigenvalue weighted by Crippen LogP contribution is 2.15. The summed E-state index contributed by atoms with van der Waals surface area (Å²) >= 11 is 5.65. The lowest BCUT2D eigenvalue weighted by Crippen LogP contribution is -1.89. The van der Waals surface area contributed by atoms with Crippen molar-refractivity contribution in [2.24, 2.45) is 0 Å². The second kappa shape index (κ2) is 2.64. The van der Waals surface area contributed by atoms with E-state index >= 15 is 0 Å². The SMILES string of the molecule is Fc1ccc2ncnc(Cl)c2n1. The summed E-state index contributed by atoms with van der Waals surface area (Å²) in [6.45, 7) is 0. The second-order valence-corrected chi connectivity index (χ2v) is 2.52. The molecule has 0 saturated carbocycles. The van der Waals surface area contributed by atoms with E-state index < -0.39 is 5.95 Å². The molecule has 0 amide bonds. The molecule has 0 N–H and O–H groups in total. The van der Waals surface area contributed by atoms with E-state index in [1.165, 1.54) is 18.5 Å². The van der Waals surface area contributed by atoms with Gasteiger partial charge in [0.2, 0.25) is 5.95 Å². The number of fused-ring (bicyclic) bond motifs is 1. The molecule has 0 saturated heterocycles. The molecule has 2 aromatic rings. The Morgan fingerprint density at radius 2 is 2.08 bits per heavy atom. The van der Waals surface area contributed by atoms with Crippen LogP contribution in [0.25, 0.3) is 11.0 Å². The number of hydrogen-bond acceptors (Lipinski definition) is 3. The first-order chi connectivity index (χ1) is 5.77. The largest absolute Gasteiger partial charge is 0.235 e. The Kier molecular flexibility index (Phi) is 1.62. The van der Waals surface area contributed by atoms with Gasteiger partial charge < -0.3 is 0 Å². The van der Waals surface area contributed by atoms with E-state index in [4.69, 9.17) is 11.6 Å². The van der Waals surface area contributed by atoms with Gasteiger partial charge in [-0.05, 0) is 12.1 Å². The van der Waals surface area contributed by atoms with Crippen molar-refractivity contribution >= 4 is 22.6 Å². The van der Waals surface area contributed by atoms with Crippen molar-refractivity contribution in [3.63, 3.8) is 0 Å². The maximum Gasteiger partial charge on any atom is 0.213 e. The number of halogens is 2. The summed E-state index contributed by atoms with van der Waals surface area (Å²) in [6, 6.07) is 2.73. The highest BCUT2D eigenvalue weighted by Gasteiger charge is 2.02. The molecule has 0 radical (unpaired) electrons. The van der Waals surface area contributed by atoms with Gasteiger partial charge in [0.25, 0.3) is 0 Å². The first kappa shape index (κ1) is 7.36. The van der Waals surface area contributed by atoms with Crippen molar-refractivity contribution in [3.05, 3.63) is 29.6 Å². The standard InChI is InChI=1S/C7H3ClFN3/c8-7-6-4(10-3-11-7)1-2-5(9)12-6/h1-3H. The third-order valence-electron chi connectivity index (χ3n) is 1.40. The molecule has 60 valence electrons. The minimum atomic E-state index is -0.584. The van der Waals surface area contributed by atoms with E-state index in [0.29, 0.717) is 11.0 Å². The van der Waals surface area contributed by atoms with Crippen LogP contribution in [0.15, 0.2) is 18.5 Å². The quantitative estimate of drug-likeness (QED) is 0.462. The summed E-state index contributed by atoms with van der Waals surface area (Å²) in [7, 11) is 0. The molecule has 2 rings (SSSR count). The van der Waals surface area contributed by atoms with Crippen molar-refractivity contribution in [3.8, 4) is 0 Å². The fourth-order valence-electron chi connectivity index (χ4n) is 0.887. The molecular formula is C7H3ClFN3. The predicted molar refractivity (Wildman–Crippen MR) is 42.3 cm³/mol. The molecule has 12 heavy (non-hydrogen) atoms. The highest BCUT2D eigenvalue weighted by atomic mass is 35.5. The molecule has 0 aliphatic heterocycles. The van der Waals surface area contributed by atoms with Crippen LogP contribution in [0.3, 0.4) is 0 Å². The number of rotatable bonds is 0. The normalized spacial score (nSPS) is 10.5. The summed E-state index contributed by atoms with van der Waals surface area (Å²) in [4.78, 5) is 11.1. The molecule has 3 nitrogen and oxygen atoms in total. The molecule has 0 bridgehead atoms. The average Bonchev–Trinajstić information content (AvgIpc) is 2.07. The molecule has 0 aliphatic rings. The van der Waals surface area contributed by atoms with Crippen LogP contribution in [-0.4, -0.2) is 15.0 Å². The molecule has 5 heteroatoms. The summed E-state index contributed by atoms with van der Waals surface area (Å²) in [6.07, 6.45) is 1.31. The number of nitrogens with zero attached hydrogens (tertiary/aromatic N) is 3. The number of hydrogen-bond donors (Lipinski definition) is 0. The van der Waals surface area contributed by atoms with Gasteiger partial charge in [0.1, 0.15) is 11.8 Å². The lowest BCUT2D eigenvalue weighted by Gasteiger charge is -1.95. The zero-order chi connectivity index (χ0) is 8.55. The van der Waals surface area contributed by atoms with E-state index in [2.05, 4.69) is 15.0 Å². The van der Waals surface area contributed by atoms with Gasteiger partial charge in [0, 0.05) is 0 Å².